The number of aldehydes is 1. The van der Waals surface area contributed by atoms with E-state index in [9.17, 15) is 24.9 Å². The Morgan fingerprint density at radius 1 is 1.06 bits per heavy atom. The number of allylic oxidation sites excluding steroid dienone is 1. The number of ether oxygens (including phenoxy) is 2. The monoisotopic (exact) mass is 800 g/mol. The summed E-state index contributed by atoms with van der Waals surface area (Å²) >= 11 is 3.47. The van der Waals surface area contributed by atoms with Crippen LogP contribution in [-0.4, -0.2) is 62.2 Å². The smallest absolute Gasteiger partial charge is 0.418 e. The minimum absolute atomic E-state index is 0.0380. The molecule has 0 bridgehead atoms. The first-order chi connectivity index (χ1) is 26.0. The maximum absolute atomic E-state index is 13.3. The summed E-state index contributed by atoms with van der Waals surface area (Å²) in [5, 5.41) is 28.5. The second-order valence-corrected chi connectivity index (χ2v) is 12.4. The highest BCUT2D eigenvalue weighted by molar-refractivity contribution is 9.10. The third kappa shape index (κ3) is 13.5. The van der Waals surface area contributed by atoms with E-state index in [1.165, 1.54) is 18.1 Å². The van der Waals surface area contributed by atoms with Gasteiger partial charge in [0, 0.05) is 46.0 Å². The first-order valence-electron chi connectivity index (χ1n) is 16.9. The number of carbonyl (C=O) groups excluding carboxylic acids is 4. The van der Waals surface area contributed by atoms with Gasteiger partial charge in [0.2, 0.25) is 5.91 Å². The van der Waals surface area contributed by atoms with E-state index >= 15 is 0 Å². The second kappa shape index (κ2) is 23.5. The van der Waals surface area contributed by atoms with Crippen molar-refractivity contribution >= 4 is 68.5 Å². The molecule has 0 spiro atoms. The molecule has 14 nitrogen and oxygen atoms in total. The SMILES string of the molecule is CCC.CNC(CCCNC(N)=O)C(=O)Nc1ccc(COC(=O)n2cc(/C(C#N)=C/c3cc(C#N)ccc3OC)c3cc(Br)ccc32)cc1.NCC=O. The zero-order valence-electron chi connectivity index (χ0n) is 30.6. The van der Waals surface area contributed by atoms with Crippen molar-refractivity contribution in [3.8, 4) is 17.9 Å². The van der Waals surface area contributed by atoms with Crippen LogP contribution < -0.4 is 32.2 Å². The Balaban J connectivity index is 0.00000133. The van der Waals surface area contributed by atoms with Crippen LogP contribution in [0.5, 0.6) is 5.75 Å². The Morgan fingerprint density at radius 2 is 1.74 bits per heavy atom. The molecule has 4 aromatic rings. The number of benzene rings is 3. The third-order valence-corrected chi connectivity index (χ3v) is 7.84. The van der Waals surface area contributed by atoms with Gasteiger partial charge in [-0.25, -0.2) is 9.59 Å². The average Bonchev–Trinajstić information content (AvgIpc) is 3.55. The molecule has 284 valence electrons. The summed E-state index contributed by atoms with van der Waals surface area (Å²) in [6, 6.07) is 20.4. The van der Waals surface area contributed by atoms with Gasteiger partial charge in [-0.3, -0.25) is 9.36 Å². The molecule has 0 saturated heterocycles. The number of methoxy groups -OCH3 is 1. The van der Waals surface area contributed by atoms with Gasteiger partial charge in [0.25, 0.3) is 0 Å². The Morgan fingerprint density at radius 3 is 2.31 bits per heavy atom. The van der Waals surface area contributed by atoms with Crippen molar-refractivity contribution in [2.75, 3.05) is 32.6 Å². The topological polar surface area (TPSA) is 227 Å². The maximum atomic E-state index is 13.3. The Labute approximate surface area is 323 Å². The number of nitrogens with zero attached hydrogens (tertiary/aromatic N) is 3. The lowest BCUT2D eigenvalue weighted by molar-refractivity contribution is -0.118. The van der Waals surface area contributed by atoms with Crippen molar-refractivity contribution in [2.24, 2.45) is 11.5 Å². The van der Waals surface area contributed by atoms with E-state index in [1.54, 1.807) is 73.9 Å². The van der Waals surface area contributed by atoms with E-state index in [4.69, 9.17) is 20.0 Å². The Hall–Kier alpha value is -6.00. The zero-order valence-corrected chi connectivity index (χ0v) is 32.2. The summed E-state index contributed by atoms with van der Waals surface area (Å²) in [4.78, 5) is 45.9. The molecule has 0 aliphatic heterocycles. The molecule has 1 atom stereocenters. The largest absolute Gasteiger partial charge is 0.496 e. The third-order valence-electron chi connectivity index (χ3n) is 7.35. The molecule has 0 fully saturated rings. The number of urea groups is 1. The fraction of sp³-hybridized carbons (Fsp3) is 0.282. The maximum Gasteiger partial charge on any atom is 0.418 e. The molecule has 0 radical (unpaired) electrons. The van der Waals surface area contributed by atoms with Crippen molar-refractivity contribution in [1.29, 1.82) is 10.5 Å². The molecule has 0 aliphatic carbocycles. The van der Waals surface area contributed by atoms with Gasteiger partial charge < -0.3 is 41.7 Å². The minimum atomic E-state index is -0.648. The summed E-state index contributed by atoms with van der Waals surface area (Å²) in [5.74, 6) is 0.262. The summed E-state index contributed by atoms with van der Waals surface area (Å²) in [6.07, 6.45) is 5.49. The number of hydrogen-bond donors (Lipinski definition) is 5. The number of rotatable bonds is 13. The zero-order chi connectivity index (χ0) is 40.0. The molecule has 0 saturated carbocycles. The van der Waals surface area contributed by atoms with Gasteiger partial charge in [-0.15, -0.1) is 0 Å². The van der Waals surface area contributed by atoms with Crippen molar-refractivity contribution < 1.29 is 28.7 Å². The summed E-state index contributed by atoms with van der Waals surface area (Å²) in [6.45, 7) is 4.72. The van der Waals surface area contributed by atoms with Gasteiger partial charge in [0.1, 0.15) is 18.6 Å². The normalized spacial score (nSPS) is 10.9. The van der Waals surface area contributed by atoms with Crippen LogP contribution >= 0.6 is 15.9 Å². The molecule has 54 heavy (non-hydrogen) atoms. The Kier molecular flexibility index (Phi) is 19.3. The number of nitrogens with two attached hydrogens (primary N) is 2. The first kappa shape index (κ1) is 44.2. The Bertz CT molecular complexity index is 2000. The van der Waals surface area contributed by atoms with Crippen LogP contribution in [0.1, 0.15) is 55.4 Å². The second-order valence-electron chi connectivity index (χ2n) is 11.4. The van der Waals surface area contributed by atoms with Gasteiger partial charge in [-0.1, -0.05) is 48.3 Å². The van der Waals surface area contributed by atoms with Gasteiger partial charge in [0.15, 0.2) is 0 Å². The average molecular weight is 802 g/mol. The van der Waals surface area contributed by atoms with E-state index in [0.717, 1.165) is 4.47 Å². The van der Waals surface area contributed by atoms with E-state index in [2.05, 4.69) is 63.6 Å². The lowest BCUT2D eigenvalue weighted by Crippen LogP contribution is -2.39. The number of carbonyl (C=O) groups is 4. The highest BCUT2D eigenvalue weighted by Crippen LogP contribution is 2.33. The van der Waals surface area contributed by atoms with Crippen LogP contribution in [0.4, 0.5) is 15.3 Å². The quantitative estimate of drug-likeness (QED) is 0.0596. The number of primary amides is 1. The molecular formula is C39H45BrN8O6. The van der Waals surface area contributed by atoms with Crippen LogP contribution in [0, 0.1) is 22.7 Å². The van der Waals surface area contributed by atoms with E-state index in [1.807, 2.05) is 6.07 Å². The lowest BCUT2D eigenvalue weighted by atomic mass is 10.0. The first-order valence-corrected chi connectivity index (χ1v) is 17.7. The van der Waals surface area contributed by atoms with Gasteiger partial charge in [-0.05, 0) is 80.1 Å². The lowest BCUT2D eigenvalue weighted by Gasteiger charge is -2.16. The predicted molar refractivity (Wildman–Crippen MR) is 212 cm³/mol. The molecule has 7 N–H and O–H groups in total. The molecule has 3 aromatic carbocycles. The number of aromatic nitrogens is 1. The summed E-state index contributed by atoms with van der Waals surface area (Å²) < 4.78 is 13.2. The molecule has 1 aromatic heterocycles. The number of nitriles is 2. The number of likely N-dealkylation sites (N-methyl/N-ethyl adjacent to an activating group) is 1. The van der Waals surface area contributed by atoms with Crippen LogP contribution in [0.15, 0.2) is 71.3 Å². The molecule has 4 rings (SSSR count). The minimum Gasteiger partial charge on any atom is -0.496 e. The van der Waals surface area contributed by atoms with Crippen LogP contribution in [0.3, 0.4) is 0 Å². The molecule has 15 heteroatoms. The van der Waals surface area contributed by atoms with E-state index < -0.39 is 18.2 Å². The van der Waals surface area contributed by atoms with E-state index in [0.29, 0.717) is 70.3 Å². The number of amides is 3. The van der Waals surface area contributed by atoms with Crippen LogP contribution in [0.2, 0.25) is 0 Å². The molecule has 0 aliphatic rings. The van der Waals surface area contributed by atoms with Gasteiger partial charge >= 0.3 is 12.1 Å². The van der Waals surface area contributed by atoms with Crippen LogP contribution in [0.25, 0.3) is 22.6 Å². The van der Waals surface area contributed by atoms with Gasteiger partial charge in [-0.2, -0.15) is 10.5 Å². The predicted octanol–water partition coefficient (Wildman–Crippen LogP) is 6.07. The van der Waals surface area contributed by atoms with E-state index in [-0.39, 0.29) is 24.6 Å². The number of anilines is 1. The van der Waals surface area contributed by atoms with Crippen molar-refractivity contribution in [1.82, 2.24) is 15.2 Å². The molecule has 1 heterocycles. The fourth-order valence-corrected chi connectivity index (χ4v) is 5.22. The molecule has 3 amide bonds. The molecular weight excluding hydrogens is 756 g/mol. The van der Waals surface area contributed by atoms with Crippen molar-refractivity contribution in [3.63, 3.8) is 0 Å². The van der Waals surface area contributed by atoms with Gasteiger partial charge in [0.05, 0.1) is 41.9 Å². The standard InChI is InChI=1S/C34H32BrN7O5.C3H8.C2H5NO/c1-39-29(4-3-13-40-33(38)44)32(43)41-26-9-5-21(6-10-26)20-47-34(45)42-19-28(27-16-25(35)8-11-30(27)42)24(18-37)15-23-14-22(17-36)7-12-31(23)46-2;1-3-2;3-1-2-4/h5-12,14-16,19,29,39H,3-4,13,20H2,1-2H3,(H,41,43)(H3,38,40,44);3H2,1-2H3;2H,1,3H2/b24-15+;;. The summed E-state index contributed by atoms with van der Waals surface area (Å²) in [7, 11) is 3.19. The molecule has 1 unspecified atom stereocenters. The number of halogens is 1. The fourth-order valence-electron chi connectivity index (χ4n) is 4.86. The highest BCUT2D eigenvalue weighted by atomic mass is 79.9. The number of fused-ring (bicyclic) bond motifs is 1. The highest BCUT2D eigenvalue weighted by Gasteiger charge is 2.19. The van der Waals surface area contributed by atoms with Crippen molar-refractivity contribution in [3.05, 3.63) is 93.6 Å². The van der Waals surface area contributed by atoms with Crippen LogP contribution in [-0.2, 0) is 20.9 Å². The number of hydrogen-bond acceptors (Lipinski definition) is 10. The summed E-state index contributed by atoms with van der Waals surface area (Å²) in [5.41, 5.74) is 13.2. The van der Waals surface area contributed by atoms with Crippen molar-refractivity contribution in [2.45, 2.75) is 45.8 Å². The number of nitrogens with one attached hydrogen (secondary N) is 3.